The van der Waals surface area contributed by atoms with Gasteiger partial charge in [-0.05, 0) is 37.3 Å². The zero-order chi connectivity index (χ0) is 14.1. The predicted octanol–water partition coefficient (Wildman–Crippen LogP) is 1.13. The number of hydrogen-bond acceptors (Lipinski definition) is 4. The lowest BCUT2D eigenvalue weighted by molar-refractivity contribution is 0.182. The van der Waals surface area contributed by atoms with Crippen molar-refractivity contribution in [2.45, 2.75) is 39.7 Å². The summed E-state index contributed by atoms with van der Waals surface area (Å²) in [5.41, 5.74) is 0.254. The summed E-state index contributed by atoms with van der Waals surface area (Å²) in [5, 5.41) is 3.63. The van der Waals surface area contributed by atoms with Crippen LogP contribution in [-0.4, -0.2) is 57.0 Å². The summed E-state index contributed by atoms with van der Waals surface area (Å²) in [5.74, 6) is 1.15. The molecule has 0 radical (unpaired) electrons. The summed E-state index contributed by atoms with van der Waals surface area (Å²) in [6, 6.07) is 0.494. The van der Waals surface area contributed by atoms with Gasteiger partial charge in [-0.15, -0.1) is 0 Å². The lowest BCUT2D eigenvalue weighted by Gasteiger charge is -2.34. The molecule has 2 unspecified atom stereocenters. The van der Waals surface area contributed by atoms with Crippen LogP contribution >= 0.6 is 0 Å². The zero-order valence-corrected chi connectivity index (χ0v) is 13.3. The highest BCUT2D eigenvalue weighted by Gasteiger charge is 2.32. The normalized spacial score (nSPS) is 33.2. The van der Waals surface area contributed by atoms with Crippen LogP contribution in [-0.2, 0) is 9.84 Å². The van der Waals surface area contributed by atoms with Gasteiger partial charge in [0.05, 0.1) is 11.5 Å². The molecule has 0 aromatic carbocycles. The van der Waals surface area contributed by atoms with E-state index in [4.69, 9.17) is 0 Å². The van der Waals surface area contributed by atoms with Gasteiger partial charge in [-0.2, -0.15) is 0 Å². The fourth-order valence-electron chi connectivity index (χ4n) is 3.12. The molecule has 0 amide bonds. The van der Waals surface area contributed by atoms with E-state index in [1.165, 1.54) is 0 Å². The summed E-state index contributed by atoms with van der Waals surface area (Å²) < 4.78 is 23.1. The molecular formula is C14H28N2O2S. The largest absolute Gasteiger partial charge is 0.312 e. The standard InChI is InChI=1S/C14H28N2O2S/c1-14(2,3)13-10-16(7-4-6-15-13)9-12-5-8-19(17,18)11-12/h12-13,15H,4-11H2,1-3H3. The molecule has 2 fully saturated rings. The Hall–Kier alpha value is -0.130. The van der Waals surface area contributed by atoms with Crippen LogP contribution in [0.1, 0.15) is 33.6 Å². The van der Waals surface area contributed by atoms with Crippen LogP contribution in [0.25, 0.3) is 0 Å². The molecule has 0 spiro atoms. The molecule has 0 aromatic heterocycles. The monoisotopic (exact) mass is 288 g/mol. The van der Waals surface area contributed by atoms with Crippen LogP contribution in [0.3, 0.4) is 0 Å². The Balaban J connectivity index is 1.92. The van der Waals surface area contributed by atoms with E-state index in [0.717, 1.165) is 39.0 Å². The molecule has 19 heavy (non-hydrogen) atoms. The lowest BCUT2D eigenvalue weighted by Crippen LogP contribution is -2.47. The minimum absolute atomic E-state index is 0.254. The second-order valence-electron chi connectivity index (χ2n) is 7.25. The highest BCUT2D eigenvalue weighted by atomic mass is 32.2. The first-order valence-electron chi connectivity index (χ1n) is 7.42. The van der Waals surface area contributed by atoms with Crippen molar-refractivity contribution in [1.29, 1.82) is 0 Å². The van der Waals surface area contributed by atoms with E-state index >= 15 is 0 Å². The average Bonchev–Trinajstić information content (AvgIpc) is 2.50. The minimum Gasteiger partial charge on any atom is -0.312 e. The average molecular weight is 288 g/mol. The van der Waals surface area contributed by atoms with Crippen molar-refractivity contribution in [3.63, 3.8) is 0 Å². The zero-order valence-electron chi connectivity index (χ0n) is 12.5. The van der Waals surface area contributed by atoms with Crippen molar-refractivity contribution in [2.24, 2.45) is 11.3 Å². The Bertz CT molecular complexity index is 400. The van der Waals surface area contributed by atoms with Gasteiger partial charge in [-0.25, -0.2) is 8.42 Å². The van der Waals surface area contributed by atoms with Crippen molar-refractivity contribution in [3.05, 3.63) is 0 Å². The maximum atomic E-state index is 11.5. The molecule has 0 aromatic rings. The second kappa shape index (κ2) is 5.70. The van der Waals surface area contributed by atoms with Crippen molar-refractivity contribution < 1.29 is 8.42 Å². The summed E-state index contributed by atoms with van der Waals surface area (Å²) >= 11 is 0. The van der Waals surface area contributed by atoms with Crippen molar-refractivity contribution in [2.75, 3.05) is 37.7 Å². The molecule has 5 heteroatoms. The third-order valence-corrected chi connectivity index (χ3v) is 6.21. The summed E-state index contributed by atoms with van der Waals surface area (Å²) in [6.45, 7) is 11.0. The highest BCUT2D eigenvalue weighted by molar-refractivity contribution is 7.91. The van der Waals surface area contributed by atoms with Crippen LogP contribution in [0, 0.1) is 11.3 Å². The molecule has 112 valence electrons. The molecule has 2 atom stereocenters. The Morgan fingerprint density at radius 3 is 2.63 bits per heavy atom. The topological polar surface area (TPSA) is 49.4 Å². The maximum absolute atomic E-state index is 11.5. The van der Waals surface area contributed by atoms with Gasteiger partial charge in [0.15, 0.2) is 9.84 Å². The third kappa shape index (κ3) is 4.43. The molecule has 0 aliphatic carbocycles. The summed E-state index contributed by atoms with van der Waals surface area (Å²) in [6.07, 6.45) is 2.01. The Morgan fingerprint density at radius 2 is 2.05 bits per heavy atom. The number of sulfone groups is 1. The van der Waals surface area contributed by atoms with Crippen LogP contribution in [0.5, 0.6) is 0 Å². The number of hydrogen-bond donors (Lipinski definition) is 1. The van der Waals surface area contributed by atoms with Gasteiger partial charge in [0, 0.05) is 19.1 Å². The summed E-state index contributed by atoms with van der Waals surface area (Å²) in [7, 11) is -2.74. The highest BCUT2D eigenvalue weighted by Crippen LogP contribution is 2.24. The van der Waals surface area contributed by atoms with Crippen LogP contribution in [0.15, 0.2) is 0 Å². The number of nitrogens with zero attached hydrogens (tertiary/aromatic N) is 1. The van der Waals surface area contributed by atoms with E-state index in [0.29, 0.717) is 23.5 Å². The Labute approximate surface area is 117 Å². The third-order valence-electron chi connectivity index (χ3n) is 4.37. The van der Waals surface area contributed by atoms with Crippen molar-refractivity contribution in [3.8, 4) is 0 Å². The quantitative estimate of drug-likeness (QED) is 0.827. The first kappa shape index (κ1) is 15.3. The van der Waals surface area contributed by atoms with Gasteiger partial charge in [0.1, 0.15) is 0 Å². The SMILES string of the molecule is CC(C)(C)C1CN(CC2CCS(=O)(=O)C2)CCCN1. The van der Waals surface area contributed by atoms with Gasteiger partial charge in [-0.3, -0.25) is 0 Å². The van der Waals surface area contributed by atoms with Crippen molar-refractivity contribution in [1.82, 2.24) is 10.2 Å². The molecule has 2 aliphatic heterocycles. The molecule has 2 aliphatic rings. The predicted molar refractivity (Wildman–Crippen MR) is 79.1 cm³/mol. The molecule has 2 heterocycles. The smallest absolute Gasteiger partial charge is 0.150 e. The van der Waals surface area contributed by atoms with Gasteiger partial charge in [0.2, 0.25) is 0 Å². The molecule has 0 bridgehead atoms. The van der Waals surface area contributed by atoms with Gasteiger partial charge in [0.25, 0.3) is 0 Å². The molecule has 4 nitrogen and oxygen atoms in total. The second-order valence-corrected chi connectivity index (χ2v) is 9.48. The first-order chi connectivity index (χ1) is 8.76. The van der Waals surface area contributed by atoms with E-state index in [2.05, 4.69) is 31.0 Å². The Morgan fingerprint density at radius 1 is 1.32 bits per heavy atom. The number of nitrogens with one attached hydrogen (secondary N) is 1. The van der Waals surface area contributed by atoms with Crippen molar-refractivity contribution >= 4 is 9.84 Å². The van der Waals surface area contributed by atoms with E-state index in [9.17, 15) is 8.42 Å². The summed E-state index contributed by atoms with van der Waals surface area (Å²) in [4.78, 5) is 2.47. The van der Waals surface area contributed by atoms with E-state index in [-0.39, 0.29) is 5.41 Å². The van der Waals surface area contributed by atoms with Crippen LogP contribution in [0.2, 0.25) is 0 Å². The van der Waals surface area contributed by atoms with Gasteiger partial charge >= 0.3 is 0 Å². The first-order valence-corrected chi connectivity index (χ1v) is 9.24. The fraction of sp³-hybridized carbons (Fsp3) is 1.00. The molecule has 0 saturated carbocycles. The fourth-order valence-corrected chi connectivity index (χ4v) is 4.97. The van der Waals surface area contributed by atoms with Gasteiger partial charge < -0.3 is 10.2 Å². The van der Waals surface area contributed by atoms with E-state index in [1.54, 1.807) is 0 Å². The van der Waals surface area contributed by atoms with Gasteiger partial charge in [-0.1, -0.05) is 20.8 Å². The van der Waals surface area contributed by atoms with E-state index in [1.807, 2.05) is 0 Å². The number of rotatable bonds is 2. The van der Waals surface area contributed by atoms with E-state index < -0.39 is 9.84 Å². The minimum atomic E-state index is -2.74. The molecule has 2 rings (SSSR count). The molecule has 2 saturated heterocycles. The molecule has 1 N–H and O–H groups in total. The van der Waals surface area contributed by atoms with Crippen LogP contribution in [0.4, 0.5) is 0 Å². The maximum Gasteiger partial charge on any atom is 0.150 e. The van der Waals surface area contributed by atoms with Crippen LogP contribution < -0.4 is 5.32 Å². The molecular weight excluding hydrogens is 260 g/mol. The lowest BCUT2D eigenvalue weighted by atomic mass is 9.86. The Kier molecular flexibility index (Phi) is 4.58.